The van der Waals surface area contributed by atoms with Crippen LogP contribution in [0.25, 0.3) is 12.2 Å². The van der Waals surface area contributed by atoms with E-state index in [2.05, 4.69) is 0 Å². The van der Waals surface area contributed by atoms with E-state index in [1.807, 2.05) is 0 Å². The first-order valence-corrected chi connectivity index (χ1v) is 6.63. The Balaban J connectivity index is 2.32. The summed E-state index contributed by atoms with van der Waals surface area (Å²) in [4.78, 5) is 0. The van der Waals surface area contributed by atoms with Gasteiger partial charge in [0.05, 0.1) is 0 Å². The third-order valence-corrected chi connectivity index (χ3v) is 3.20. The predicted molar refractivity (Wildman–Crippen MR) is 86.2 cm³/mol. The molecule has 0 radical (unpaired) electrons. The number of benzene rings is 2. The van der Waals surface area contributed by atoms with Crippen LogP contribution >= 0.6 is 0 Å². The van der Waals surface area contributed by atoms with Crippen LogP contribution in [-0.4, -0.2) is 36.7 Å². The van der Waals surface area contributed by atoms with Gasteiger partial charge in [0, 0.05) is 25.2 Å². The van der Waals surface area contributed by atoms with Gasteiger partial charge in [0.2, 0.25) is 0 Å². The zero-order valence-electron chi connectivity index (χ0n) is 12.4. The highest BCUT2D eigenvalue weighted by molar-refractivity contribution is 6.62. The fraction of sp³-hybridized carbons (Fsp3) is 0.125. The fourth-order valence-corrected chi connectivity index (χ4v) is 2.08. The molecule has 3 N–H and O–H groups in total. The quantitative estimate of drug-likeness (QED) is 0.447. The molecule has 0 atom stereocenters. The number of hydrogen-bond donors (Lipinski definition) is 3. The predicted octanol–water partition coefficient (Wildman–Crippen LogP) is 1.96. The summed E-state index contributed by atoms with van der Waals surface area (Å²) in [6.07, 6.45) is 3.42. The van der Waals surface area contributed by atoms with Gasteiger partial charge in [0.25, 0.3) is 0 Å². The smallest absolute Gasteiger partial charge is 0.497 e. The van der Waals surface area contributed by atoms with Crippen molar-refractivity contribution in [3.8, 4) is 17.2 Å². The van der Waals surface area contributed by atoms with Gasteiger partial charge in [-0.05, 0) is 29.8 Å². The third-order valence-electron chi connectivity index (χ3n) is 3.20. The van der Waals surface area contributed by atoms with Crippen LogP contribution in [0, 0.1) is 0 Å². The van der Waals surface area contributed by atoms with E-state index in [0.717, 1.165) is 5.56 Å². The van der Waals surface area contributed by atoms with E-state index < -0.39 is 7.12 Å². The second kappa shape index (κ2) is 7.02. The van der Waals surface area contributed by atoms with E-state index >= 15 is 0 Å². The molecular weight excluding hydrogens is 283 g/mol. The van der Waals surface area contributed by atoms with Gasteiger partial charge < -0.3 is 24.6 Å². The Hall–Kier alpha value is -2.44. The molecule has 0 bridgehead atoms. The molecule has 0 saturated heterocycles. The number of rotatable bonds is 5. The average molecular weight is 300 g/mol. The molecule has 0 unspecified atom stereocenters. The Kier molecular flexibility index (Phi) is 5.09. The fourth-order valence-electron chi connectivity index (χ4n) is 2.08. The average Bonchev–Trinajstić information content (AvgIpc) is 2.52. The first kappa shape index (κ1) is 15.9. The maximum atomic E-state index is 9.88. The molecule has 5 nitrogen and oxygen atoms in total. The van der Waals surface area contributed by atoms with Gasteiger partial charge in [0.15, 0.2) is 0 Å². The van der Waals surface area contributed by atoms with Gasteiger partial charge >= 0.3 is 7.12 Å². The summed E-state index contributed by atoms with van der Waals surface area (Å²) >= 11 is 0. The van der Waals surface area contributed by atoms with E-state index in [1.54, 1.807) is 30.4 Å². The molecule has 0 saturated carbocycles. The Morgan fingerprint density at radius 2 is 1.55 bits per heavy atom. The van der Waals surface area contributed by atoms with Gasteiger partial charge in [-0.15, -0.1) is 0 Å². The summed E-state index contributed by atoms with van der Waals surface area (Å²) in [7, 11) is 2.31. The number of phenols is 3. The molecule has 2 aromatic rings. The van der Waals surface area contributed by atoms with E-state index in [1.165, 1.54) is 32.4 Å². The van der Waals surface area contributed by atoms with E-state index in [-0.39, 0.29) is 17.2 Å². The molecule has 0 amide bonds. The molecule has 0 spiro atoms. The lowest BCUT2D eigenvalue weighted by Gasteiger charge is -2.11. The van der Waals surface area contributed by atoms with Crippen molar-refractivity contribution in [2.24, 2.45) is 0 Å². The SMILES string of the molecule is COB(OC)c1cc(/C=C/c2cc(O)ccc2O)ccc1O. The van der Waals surface area contributed by atoms with Crippen LogP contribution in [0.4, 0.5) is 0 Å². The Morgan fingerprint density at radius 1 is 0.864 bits per heavy atom. The Bertz CT molecular complexity index is 680. The highest BCUT2D eigenvalue weighted by atomic mass is 16.6. The molecular formula is C16H17BO5. The summed E-state index contributed by atoms with van der Waals surface area (Å²) in [5.74, 6) is 0.216. The zero-order valence-corrected chi connectivity index (χ0v) is 12.4. The molecule has 0 heterocycles. The van der Waals surface area contributed by atoms with Crippen molar-refractivity contribution in [3.05, 3.63) is 47.5 Å². The lowest BCUT2D eigenvalue weighted by Crippen LogP contribution is -2.35. The minimum atomic E-state index is -0.664. The van der Waals surface area contributed by atoms with Crippen molar-refractivity contribution >= 4 is 24.7 Å². The lowest BCUT2D eigenvalue weighted by atomic mass is 9.77. The van der Waals surface area contributed by atoms with E-state index in [0.29, 0.717) is 11.0 Å². The van der Waals surface area contributed by atoms with Crippen LogP contribution in [0.15, 0.2) is 36.4 Å². The van der Waals surface area contributed by atoms with Gasteiger partial charge in [-0.3, -0.25) is 0 Å². The zero-order chi connectivity index (χ0) is 16.1. The third kappa shape index (κ3) is 3.60. The minimum Gasteiger partial charge on any atom is -0.508 e. The molecule has 114 valence electrons. The van der Waals surface area contributed by atoms with Crippen molar-refractivity contribution < 1.29 is 24.6 Å². The van der Waals surface area contributed by atoms with Gasteiger partial charge in [-0.25, -0.2) is 0 Å². The van der Waals surface area contributed by atoms with Crippen molar-refractivity contribution in [3.63, 3.8) is 0 Å². The first-order chi connectivity index (χ1) is 10.5. The van der Waals surface area contributed by atoms with Crippen LogP contribution in [0.3, 0.4) is 0 Å². The maximum Gasteiger partial charge on any atom is 0.497 e. The molecule has 0 aliphatic heterocycles. The van der Waals surface area contributed by atoms with Gasteiger partial charge in [0.1, 0.15) is 17.2 Å². The Morgan fingerprint density at radius 3 is 2.23 bits per heavy atom. The van der Waals surface area contributed by atoms with Gasteiger partial charge in [-0.1, -0.05) is 24.3 Å². The standard InChI is InChI=1S/C16H17BO5/c1-21-17(22-2)14-9-11(4-7-16(14)20)3-5-12-10-13(18)6-8-15(12)19/h3-10,18-20H,1-2H3/b5-3+. The van der Waals surface area contributed by atoms with Crippen molar-refractivity contribution in [1.82, 2.24) is 0 Å². The topological polar surface area (TPSA) is 79.2 Å². The van der Waals surface area contributed by atoms with Crippen molar-refractivity contribution in [1.29, 1.82) is 0 Å². The normalized spacial score (nSPS) is 11.0. The summed E-state index contributed by atoms with van der Waals surface area (Å²) in [6.45, 7) is 0. The van der Waals surface area contributed by atoms with Crippen molar-refractivity contribution in [2.45, 2.75) is 0 Å². The van der Waals surface area contributed by atoms with Crippen LogP contribution < -0.4 is 5.46 Å². The van der Waals surface area contributed by atoms with Crippen LogP contribution in [0.2, 0.25) is 0 Å². The molecule has 0 aromatic heterocycles. The van der Waals surface area contributed by atoms with Crippen LogP contribution in [0.5, 0.6) is 17.2 Å². The molecule has 2 aromatic carbocycles. The number of aromatic hydroxyl groups is 3. The second-order valence-electron chi connectivity index (χ2n) is 4.70. The lowest BCUT2D eigenvalue weighted by molar-refractivity contribution is 0.290. The monoisotopic (exact) mass is 300 g/mol. The van der Waals surface area contributed by atoms with Crippen LogP contribution in [-0.2, 0) is 9.31 Å². The summed E-state index contributed by atoms with van der Waals surface area (Å²) in [5.41, 5.74) is 1.78. The summed E-state index contributed by atoms with van der Waals surface area (Å²) in [6, 6.07) is 9.28. The second-order valence-corrected chi connectivity index (χ2v) is 4.70. The maximum absolute atomic E-state index is 9.88. The highest BCUT2D eigenvalue weighted by Crippen LogP contribution is 2.24. The summed E-state index contributed by atoms with van der Waals surface area (Å²) < 4.78 is 10.3. The van der Waals surface area contributed by atoms with Crippen LogP contribution in [0.1, 0.15) is 11.1 Å². The molecule has 22 heavy (non-hydrogen) atoms. The summed E-state index contributed by atoms with van der Waals surface area (Å²) in [5, 5.41) is 29.1. The molecule has 6 heteroatoms. The largest absolute Gasteiger partial charge is 0.508 e. The molecule has 0 fully saturated rings. The van der Waals surface area contributed by atoms with E-state index in [4.69, 9.17) is 9.31 Å². The van der Waals surface area contributed by atoms with Gasteiger partial charge in [-0.2, -0.15) is 0 Å². The minimum absolute atomic E-state index is 0.0692. The number of hydrogen-bond acceptors (Lipinski definition) is 5. The van der Waals surface area contributed by atoms with Crippen molar-refractivity contribution in [2.75, 3.05) is 14.2 Å². The highest BCUT2D eigenvalue weighted by Gasteiger charge is 2.21. The molecule has 0 aliphatic carbocycles. The molecule has 2 rings (SSSR count). The first-order valence-electron chi connectivity index (χ1n) is 6.63. The van der Waals surface area contributed by atoms with E-state index in [9.17, 15) is 15.3 Å². The number of phenolic OH excluding ortho intramolecular Hbond substituents is 3. The molecule has 0 aliphatic rings. The Labute approximate surface area is 129 Å².